The molecule has 3 fully saturated rings. The van der Waals surface area contributed by atoms with Gasteiger partial charge in [-0.25, -0.2) is 13.4 Å². The van der Waals surface area contributed by atoms with E-state index in [0.29, 0.717) is 35.1 Å². The first-order chi connectivity index (χ1) is 24.5. The number of hydrogen-bond donors (Lipinski definition) is 5. The number of anilines is 4. The van der Waals surface area contributed by atoms with E-state index >= 15 is 4.39 Å². The lowest BCUT2D eigenvalue weighted by molar-refractivity contribution is -0.135. The average molecular weight is 737 g/mol. The largest absolute Gasteiger partial charge is 0.506 e. The molecule has 17 heteroatoms. The molecule has 1 unspecified atom stereocenters. The highest BCUT2D eigenvalue weighted by molar-refractivity contribution is 7.92. The number of benzene rings is 3. The number of imide groups is 1. The summed E-state index contributed by atoms with van der Waals surface area (Å²) < 4.78 is 42.1. The quantitative estimate of drug-likeness (QED) is 0.213. The first-order valence-electron chi connectivity index (χ1n) is 16.5. The van der Waals surface area contributed by atoms with Gasteiger partial charge in [-0.1, -0.05) is 18.2 Å². The number of amides is 5. The maximum atomic E-state index is 15.4. The van der Waals surface area contributed by atoms with Crippen LogP contribution in [0.25, 0.3) is 16.8 Å². The maximum Gasteiger partial charge on any atom is 0.326 e. The van der Waals surface area contributed by atoms with Gasteiger partial charge in [0.15, 0.2) is 5.82 Å². The molecule has 3 heterocycles. The van der Waals surface area contributed by atoms with Crippen molar-refractivity contribution in [2.75, 3.05) is 46.1 Å². The van der Waals surface area contributed by atoms with Gasteiger partial charge in [-0.05, 0) is 66.6 Å². The first kappa shape index (κ1) is 36.2. The third-order valence-electron chi connectivity index (χ3n) is 9.57. The van der Waals surface area contributed by atoms with Crippen LogP contribution >= 0.6 is 0 Å². The number of nitrogens with zero attached hydrogens (tertiary/aromatic N) is 3. The molecule has 0 saturated carbocycles. The number of carbonyl (C=O) groups excluding carboxylic acids is 5. The first-order valence-corrected chi connectivity index (χ1v) is 17.9. The molecule has 0 aromatic heterocycles. The Hall–Kier alpha value is -5.55. The standard InChI is InChI=1S/C35H37FN6O9S/c1-20(43)40(2)27-17-25(8-5-21(27)3-4-22-6-10-29(45)38-34(22)48)41-13-11-35(49,12-14-41)18-30(46)37-24-7-9-26-23(15-24)16-28(44)33(32(26)36)42-19-31(47)39-52(42,50)51/h3-5,7-9,15-17,22,44,49H,6,10-14,18-19H2,1-2H3,(H,37,46)(H,39,47)(H,38,45,48)/b4-3-. The molecule has 0 bridgehead atoms. The van der Waals surface area contributed by atoms with Crippen LogP contribution in [0.1, 0.15) is 44.6 Å². The second-order valence-electron chi connectivity index (χ2n) is 13.2. The number of fused-ring (bicyclic) bond motifs is 1. The van der Waals surface area contributed by atoms with E-state index in [2.05, 4.69) is 10.6 Å². The molecule has 3 saturated heterocycles. The summed E-state index contributed by atoms with van der Waals surface area (Å²) in [7, 11) is -2.73. The topological polar surface area (TPSA) is 206 Å². The van der Waals surface area contributed by atoms with Crippen LogP contribution in [0.3, 0.4) is 0 Å². The minimum Gasteiger partial charge on any atom is -0.506 e. The molecule has 15 nitrogen and oxygen atoms in total. The fourth-order valence-electron chi connectivity index (χ4n) is 6.60. The van der Waals surface area contributed by atoms with Crippen LogP contribution in [0.5, 0.6) is 5.75 Å². The van der Waals surface area contributed by atoms with Crippen LogP contribution in [0.4, 0.5) is 27.1 Å². The zero-order chi connectivity index (χ0) is 37.5. The summed E-state index contributed by atoms with van der Waals surface area (Å²) in [5.41, 5.74) is 0.374. The van der Waals surface area contributed by atoms with Crippen LogP contribution in [0, 0.1) is 11.7 Å². The molecule has 3 aliphatic rings. The van der Waals surface area contributed by atoms with Crippen molar-refractivity contribution in [2.24, 2.45) is 5.92 Å². The van der Waals surface area contributed by atoms with Gasteiger partial charge in [0, 0.05) is 50.2 Å². The molecule has 274 valence electrons. The van der Waals surface area contributed by atoms with Gasteiger partial charge in [0.2, 0.25) is 23.6 Å². The van der Waals surface area contributed by atoms with Gasteiger partial charge in [-0.2, -0.15) is 8.42 Å². The number of aromatic hydroxyl groups is 1. The number of aliphatic hydroxyl groups is 1. The fraction of sp³-hybridized carbons (Fsp3) is 0.343. The SMILES string of the molecule is CC(=O)N(C)c1cc(N2CCC(O)(CC(=O)Nc3ccc4c(F)c(N5CC(=O)NS5(=O)=O)c(O)cc4c3)CC2)ccc1/C=C\C1CCC(=O)NC1=O. The Balaban J connectivity index is 1.11. The Labute approximate surface area is 298 Å². The second-order valence-corrected chi connectivity index (χ2v) is 14.8. The smallest absolute Gasteiger partial charge is 0.326 e. The van der Waals surface area contributed by atoms with Crippen LogP contribution in [-0.4, -0.2) is 80.4 Å². The third kappa shape index (κ3) is 7.41. The van der Waals surface area contributed by atoms with Gasteiger partial charge in [-0.15, -0.1) is 0 Å². The van der Waals surface area contributed by atoms with E-state index in [-0.39, 0.29) is 59.9 Å². The Kier molecular flexibility index (Phi) is 9.67. The van der Waals surface area contributed by atoms with E-state index in [0.717, 1.165) is 11.8 Å². The van der Waals surface area contributed by atoms with Crippen molar-refractivity contribution in [1.29, 1.82) is 0 Å². The van der Waals surface area contributed by atoms with Gasteiger partial charge in [0.1, 0.15) is 18.0 Å². The van der Waals surface area contributed by atoms with Gasteiger partial charge in [0.05, 0.1) is 23.6 Å². The number of carbonyl (C=O) groups is 5. The summed E-state index contributed by atoms with van der Waals surface area (Å²) in [6.07, 6.45) is 4.42. The molecular weight excluding hydrogens is 699 g/mol. The maximum absolute atomic E-state index is 15.4. The number of nitrogens with one attached hydrogen (secondary N) is 3. The minimum atomic E-state index is -4.37. The molecular formula is C35H37FN6O9S. The normalized spacial score (nSPS) is 19.8. The molecule has 0 radical (unpaired) electrons. The fourth-order valence-corrected chi connectivity index (χ4v) is 7.77. The summed E-state index contributed by atoms with van der Waals surface area (Å²) in [5, 5.41) is 27.0. The van der Waals surface area contributed by atoms with E-state index in [9.17, 15) is 42.6 Å². The lowest BCUT2D eigenvalue weighted by atomic mass is 9.87. The van der Waals surface area contributed by atoms with E-state index in [1.165, 1.54) is 30.0 Å². The molecule has 3 aliphatic heterocycles. The number of hydrogen-bond acceptors (Lipinski definition) is 10. The van der Waals surface area contributed by atoms with Crippen molar-refractivity contribution in [3.05, 3.63) is 59.9 Å². The second kappa shape index (κ2) is 13.9. The molecule has 5 N–H and O–H groups in total. The molecule has 3 aromatic rings. The number of piperidine rings is 2. The van der Waals surface area contributed by atoms with E-state index in [1.54, 1.807) is 23.9 Å². The summed E-state index contributed by atoms with van der Waals surface area (Å²) >= 11 is 0. The molecule has 0 aliphatic carbocycles. The van der Waals surface area contributed by atoms with E-state index in [1.807, 2.05) is 23.1 Å². The van der Waals surface area contributed by atoms with E-state index in [4.69, 9.17) is 0 Å². The number of halogens is 1. The van der Waals surface area contributed by atoms with Gasteiger partial charge >= 0.3 is 10.2 Å². The molecule has 6 rings (SSSR count). The third-order valence-corrected chi connectivity index (χ3v) is 10.9. The minimum absolute atomic E-state index is 0.0534. The van der Waals surface area contributed by atoms with E-state index < -0.39 is 57.3 Å². The van der Waals surface area contributed by atoms with Crippen molar-refractivity contribution >= 4 is 79.3 Å². The molecule has 1 atom stereocenters. The predicted molar refractivity (Wildman–Crippen MR) is 190 cm³/mol. The van der Waals surface area contributed by atoms with Gasteiger partial charge in [0.25, 0.3) is 5.91 Å². The Morgan fingerprint density at radius 3 is 2.48 bits per heavy atom. The zero-order valence-electron chi connectivity index (χ0n) is 28.3. The van der Waals surface area contributed by atoms with Crippen molar-refractivity contribution in [2.45, 2.75) is 44.6 Å². The number of rotatable bonds is 8. The number of phenolic OH excluding ortho intramolecular Hbond substituents is 1. The average Bonchev–Trinajstić information content (AvgIpc) is 3.34. The van der Waals surface area contributed by atoms with Crippen LogP contribution < -0.4 is 29.5 Å². The zero-order valence-corrected chi connectivity index (χ0v) is 29.1. The van der Waals surface area contributed by atoms with Crippen molar-refractivity contribution < 1.29 is 47.0 Å². The lowest BCUT2D eigenvalue weighted by Crippen LogP contribution is -2.46. The highest BCUT2D eigenvalue weighted by Gasteiger charge is 2.38. The highest BCUT2D eigenvalue weighted by atomic mass is 32.2. The van der Waals surface area contributed by atoms with Crippen molar-refractivity contribution in [3.8, 4) is 5.75 Å². The van der Waals surface area contributed by atoms with Crippen molar-refractivity contribution in [3.63, 3.8) is 0 Å². The van der Waals surface area contributed by atoms with Crippen LogP contribution in [0.2, 0.25) is 0 Å². The Morgan fingerprint density at radius 1 is 1.10 bits per heavy atom. The molecule has 52 heavy (non-hydrogen) atoms. The molecule has 3 aromatic carbocycles. The predicted octanol–water partition coefficient (Wildman–Crippen LogP) is 2.27. The number of phenols is 1. The monoisotopic (exact) mass is 736 g/mol. The summed E-state index contributed by atoms with van der Waals surface area (Å²) in [6, 6.07) is 10.8. The van der Waals surface area contributed by atoms with Gasteiger partial charge < -0.3 is 25.3 Å². The molecule has 0 spiro atoms. The summed E-state index contributed by atoms with van der Waals surface area (Å²) in [6.45, 7) is 1.56. The Morgan fingerprint density at radius 2 is 1.83 bits per heavy atom. The van der Waals surface area contributed by atoms with Crippen LogP contribution in [0.15, 0.2) is 48.5 Å². The van der Waals surface area contributed by atoms with Gasteiger partial charge in [-0.3, -0.25) is 29.3 Å². The summed E-state index contributed by atoms with van der Waals surface area (Å²) in [5.74, 6) is -4.47. The Bertz CT molecular complexity index is 2150. The lowest BCUT2D eigenvalue weighted by Gasteiger charge is -2.39. The van der Waals surface area contributed by atoms with Crippen molar-refractivity contribution in [1.82, 2.24) is 10.0 Å². The van der Waals surface area contributed by atoms with Crippen LogP contribution in [-0.2, 0) is 34.2 Å². The highest BCUT2D eigenvalue weighted by Crippen LogP contribution is 2.39. The molecule has 5 amide bonds. The summed E-state index contributed by atoms with van der Waals surface area (Å²) in [4.78, 5) is 64.3.